The summed E-state index contributed by atoms with van der Waals surface area (Å²) in [6.07, 6.45) is -0.921. The number of carboxylic acids is 3. The third-order valence-corrected chi connectivity index (χ3v) is 2.38. The summed E-state index contributed by atoms with van der Waals surface area (Å²) in [6, 6.07) is 3.29. The van der Waals surface area contributed by atoms with Crippen LogP contribution in [0.4, 0.5) is 0 Å². The van der Waals surface area contributed by atoms with Gasteiger partial charge in [0.25, 0.3) is 0 Å². The van der Waals surface area contributed by atoms with Gasteiger partial charge in [-0.2, -0.15) is 0 Å². The van der Waals surface area contributed by atoms with Crippen LogP contribution in [0.25, 0.3) is 0 Å². The first-order valence-corrected chi connectivity index (χ1v) is 5.37. The minimum Gasteiger partial charge on any atom is -0.479 e. The number of hydrogen-bond acceptors (Lipinski definition) is 4. The molecule has 7 heteroatoms. The maximum atomic E-state index is 10.9. The normalized spacial score (nSPS) is 11.6. The van der Waals surface area contributed by atoms with Gasteiger partial charge >= 0.3 is 17.9 Å². The summed E-state index contributed by atoms with van der Waals surface area (Å²) < 4.78 is 5.09. The molecular formula is C12H12O7. The average Bonchev–Trinajstić information content (AvgIpc) is 2.34. The van der Waals surface area contributed by atoms with Gasteiger partial charge in [0.1, 0.15) is 5.75 Å². The molecule has 0 saturated heterocycles. The zero-order valence-corrected chi connectivity index (χ0v) is 9.99. The van der Waals surface area contributed by atoms with Crippen LogP contribution in [0.5, 0.6) is 5.75 Å². The first-order chi connectivity index (χ1) is 8.86. The number of hydrogen-bond donors (Lipinski definition) is 3. The highest BCUT2D eigenvalue weighted by molar-refractivity contribution is 6.02. The third-order valence-electron chi connectivity index (χ3n) is 2.38. The molecule has 102 valence electrons. The van der Waals surface area contributed by atoms with Crippen LogP contribution in [0.15, 0.2) is 18.2 Å². The van der Waals surface area contributed by atoms with Crippen molar-refractivity contribution < 1.29 is 34.4 Å². The van der Waals surface area contributed by atoms with E-state index in [2.05, 4.69) is 0 Å². The van der Waals surface area contributed by atoms with E-state index in [9.17, 15) is 14.4 Å². The lowest BCUT2D eigenvalue weighted by atomic mass is 10.1. The molecule has 0 aliphatic rings. The van der Waals surface area contributed by atoms with Gasteiger partial charge in [0, 0.05) is 0 Å². The lowest BCUT2D eigenvalue weighted by Gasteiger charge is -2.14. The largest absolute Gasteiger partial charge is 0.479 e. The molecule has 1 atom stereocenters. The van der Waals surface area contributed by atoms with Gasteiger partial charge in [0.05, 0.1) is 11.1 Å². The summed E-state index contributed by atoms with van der Waals surface area (Å²) in [7, 11) is 0. The van der Waals surface area contributed by atoms with Gasteiger partial charge < -0.3 is 20.1 Å². The van der Waals surface area contributed by atoms with Gasteiger partial charge in [-0.25, -0.2) is 14.4 Å². The van der Waals surface area contributed by atoms with Gasteiger partial charge in [-0.3, -0.25) is 0 Å². The summed E-state index contributed by atoms with van der Waals surface area (Å²) in [6.45, 7) is 1.60. The van der Waals surface area contributed by atoms with Crippen LogP contribution in [0.1, 0.15) is 34.1 Å². The number of ether oxygens (including phenoxy) is 1. The maximum absolute atomic E-state index is 10.9. The van der Waals surface area contributed by atoms with Gasteiger partial charge in [-0.1, -0.05) is 6.92 Å². The molecule has 0 bridgehead atoms. The van der Waals surface area contributed by atoms with Crippen LogP contribution < -0.4 is 4.74 Å². The van der Waals surface area contributed by atoms with E-state index in [0.717, 1.165) is 12.1 Å². The second-order valence-corrected chi connectivity index (χ2v) is 3.67. The van der Waals surface area contributed by atoms with Crippen LogP contribution in [-0.2, 0) is 4.79 Å². The van der Waals surface area contributed by atoms with Crippen molar-refractivity contribution >= 4 is 17.9 Å². The minimum absolute atomic E-state index is 0.00310. The van der Waals surface area contributed by atoms with Crippen LogP contribution in [-0.4, -0.2) is 39.3 Å². The molecule has 1 aromatic carbocycles. The SMILES string of the molecule is CCC(Oc1ccc(C(=O)O)c(C(=O)O)c1)C(=O)O. The van der Waals surface area contributed by atoms with E-state index in [1.807, 2.05) is 0 Å². The third kappa shape index (κ3) is 3.44. The van der Waals surface area contributed by atoms with Crippen molar-refractivity contribution in [3.05, 3.63) is 29.3 Å². The van der Waals surface area contributed by atoms with E-state index in [0.29, 0.717) is 0 Å². The Labute approximate surface area is 108 Å². The lowest BCUT2D eigenvalue weighted by molar-refractivity contribution is -0.145. The molecule has 3 N–H and O–H groups in total. The Morgan fingerprint density at radius 1 is 1.11 bits per heavy atom. The molecule has 7 nitrogen and oxygen atoms in total. The molecule has 0 aromatic heterocycles. The summed E-state index contributed by atoms with van der Waals surface area (Å²) >= 11 is 0. The molecule has 0 fully saturated rings. The summed E-state index contributed by atoms with van der Waals surface area (Å²) in [5.74, 6) is -3.99. The van der Waals surface area contributed by atoms with Crippen LogP contribution in [0.3, 0.4) is 0 Å². The Balaban J connectivity index is 3.12. The second-order valence-electron chi connectivity index (χ2n) is 3.67. The summed E-state index contributed by atoms with van der Waals surface area (Å²) in [4.78, 5) is 32.6. The van der Waals surface area contributed by atoms with Crippen molar-refractivity contribution in [3.8, 4) is 5.75 Å². The molecule has 0 spiro atoms. The van der Waals surface area contributed by atoms with E-state index in [1.165, 1.54) is 6.07 Å². The number of carboxylic acid groups (broad SMARTS) is 3. The first-order valence-electron chi connectivity index (χ1n) is 5.37. The molecule has 0 aliphatic carbocycles. The average molecular weight is 268 g/mol. The van der Waals surface area contributed by atoms with Crippen molar-refractivity contribution in [2.24, 2.45) is 0 Å². The predicted molar refractivity (Wildman–Crippen MR) is 62.7 cm³/mol. The molecule has 1 unspecified atom stereocenters. The molecule has 1 aromatic rings. The first kappa shape index (κ1) is 14.5. The lowest BCUT2D eigenvalue weighted by Crippen LogP contribution is -2.26. The maximum Gasteiger partial charge on any atom is 0.344 e. The number of carbonyl (C=O) groups is 3. The zero-order chi connectivity index (χ0) is 14.6. The molecule has 0 heterocycles. The molecule has 1 rings (SSSR count). The van der Waals surface area contributed by atoms with E-state index < -0.39 is 29.6 Å². The fraction of sp³-hybridized carbons (Fsp3) is 0.250. The smallest absolute Gasteiger partial charge is 0.344 e. The Kier molecular flexibility index (Phi) is 4.46. The topological polar surface area (TPSA) is 121 Å². The Hall–Kier alpha value is -2.57. The van der Waals surface area contributed by atoms with Crippen LogP contribution in [0, 0.1) is 0 Å². The van der Waals surface area contributed by atoms with Gasteiger partial charge in [0.2, 0.25) is 0 Å². The van der Waals surface area contributed by atoms with Gasteiger partial charge in [-0.05, 0) is 24.6 Å². The molecule has 0 radical (unpaired) electrons. The van der Waals surface area contributed by atoms with Crippen molar-refractivity contribution in [1.82, 2.24) is 0 Å². The van der Waals surface area contributed by atoms with Crippen molar-refractivity contribution in [3.63, 3.8) is 0 Å². The molecular weight excluding hydrogens is 256 g/mol. The quantitative estimate of drug-likeness (QED) is 0.711. The number of aromatic carboxylic acids is 2. The summed E-state index contributed by atoms with van der Waals surface area (Å²) in [5.41, 5.74) is -0.839. The van der Waals surface area contributed by atoms with Crippen LogP contribution >= 0.6 is 0 Å². The molecule has 0 amide bonds. The van der Waals surface area contributed by atoms with E-state index in [1.54, 1.807) is 6.92 Å². The predicted octanol–water partition coefficient (Wildman–Crippen LogP) is 1.32. The molecule has 0 aliphatic heterocycles. The Bertz CT molecular complexity index is 521. The van der Waals surface area contributed by atoms with Gasteiger partial charge in [-0.15, -0.1) is 0 Å². The molecule has 0 saturated carbocycles. The van der Waals surface area contributed by atoms with E-state index >= 15 is 0 Å². The second kappa shape index (κ2) is 5.85. The highest BCUT2D eigenvalue weighted by Crippen LogP contribution is 2.20. The highest BCUT2D eigenvalue weighted by atomic mass is 16.5. The monoisotopic (exact) mass is 268 g/mol. The standard InChI is InChI=1S/C12H12O7/c1-2-9(12(17)18)19-6-3-4-7(10(13)14)8(5-6)11(15)16/h3-5,9H,2H2,1H3,(H,13,14)(H,15,16)(H,17,18). The fourth-order valence-electron chi connectivity index (χ4n) is 1.43. The van der Waals surface area contributed by atoms with Crippen LogP contribution in [0.2, 0.25) is 0 Å². The fourth-order valence-corrected chi connectivity index (χ4v) is 1.43. The number of benzene rings is 1. The van der Waals surface area contributed by atoms with Crippen molar-refractivity contribution in [2.45, 2.75) is 19.4 Å². The zero-order valence-electron chi connectivity index (χ0n) is 9.99. The van der Waals surface area contributed by atoms with Crippen molar-refractivity contribution in [1.29, 1.82) is 0 Å². The minimum atomic E-state index is -1.42. The highest BCUT2D eigenvalue weighted by Gasteiger charge is 2.20. The van der Waals surface area contributed by atoms with E-state index in [-0.39, 0.29) is 17.7 Å². The number of aliphatic carboxylic acids is 1. The molecule has 19 heavy (non-hydrogen) atoms. The van der Waals surface area contributed by atoms with Crippen molar-refractivity contribution in [2.75, 3.05) is 0 Å². The van der Waals surface area contributed by atoms with E-state index in [4.69, 9.17) is 20.1 Å². The summed E-state index contributed by atoms with van der Waals surface area (Å²) in [5, 5.41) is 26.5. The Morgan fingerprint density at radius 3 is 2.11 bits per heavy atom. The number of rotatable bonds is 6. The van der Waals surface area contributed by atoms with Gasteiger partial charge in [0.15, 0.2) is 6.10 Å². The Morgan fingerprint density at radius 2 is 1.68 bits per heavy atom.